The molecular weight excluding hydrogens is 213 g/mol. The summed E-state index contributed by atoms with van der Waals surface area (Å²) in [6, 6.07) is 5.89. The van der Waals surface area contributed by atoms with Crippen LogP contribution in [0.5, 0.6) is 0 Å². The summed E-state index contributed by atoms with van der Waals surface area (Å²) in [5.41, 5.74) is 0.192. The molecule has 2 aromatic rings. The van der Waals surface area contributed by atoms with Crippen LogP contribution in [0.25, 0.3) is 5.69 Å². The molecule has 0 saturated carbocycles. The van der Waals surface area contributed by atoms with Gasteiger partial charge in [-0.1, -0.05) is 12.1 Å². The van der Waals surface area contributed by atoms with Gasteiger partial charge in [-0.15, -0.1) is 9.90 Å². The maximum absolute atomic E-state index is 13.4. The second-order valence-corrected chi connectivity index (χ2v) is 3.18. The van der Waals surface area contributed by atoms with Crippen LogP contribution in [0.1, 0.15) is 16.2 Å². The fourth-order valence-corrected chi connectivity index (χ4v) is 1.30. The zero-order valence-electron chi connectivity index (χ0n) is 8.38. The Balaban J connectivity index is 2.54. The molecule has 1 heterocycles. The molecular formula is C10H8FN3O2. The number of nitrogens with zero attached hydrogens (tertiary/aromatic N) is 3. The number of rotatable bonds is 2. The van der Waals surface area contributed by atoms with E-state index in [2.05, 4.69) is 10.2 Å². The third-order valence-corrected chi connectivity index (χ3v) is 2.05. The molecule has 0 fully saturated rings. The number of aromatic nitrogens is 3. The van der Waals surface area contributed by atoms with Crippen molar-refractivity contribution in [2.24, 2.45) is 0 Å². The van der Waals surface area contributed by atoms with Crippen molar-refractivity contribution in [1.29, 1.82) is 0 Å². The van der Waals surface area contributed by atoms with Gasteiger partial charge in [0.05, 0.1) is 5.69 Å². The lowest BCUT2D eigenvalue weighted by Crippen LogP contribution is -2.04. The number of hydrogen-bond acceptors (Lipinski definition) is 3. The van der Waals surface area contributed by atoms with Crippen LogP contribution in [0.2, 0.25) is 0 Å². The molecule has 16 heavy (non-hydrogen) atoms. The standard InChI is InChI=1S/C10H8FN3O2/c1-6-9(10(15)16)13-14(12-6)8-5-3-2-4-7(8)11/h2-5H,1H3,(H,15,16). The van der Waals surface area contributed by atoms with Gasteiger partial charge in [0, 0.05) is 0 Å². The Morgan fingerprint density at radius 1 is 1.38 bits per heavy atom. The van der Waals surface area contributed by atoms with Gasteiger partial charge >= 0.3 is 5.97 Å². The maximum Gasteiger partial charge on any atom is 0.358 e. The van der Waals surface area contributed by atoms with Crippen LogP contribution >= 0.6 is 0 Å². The Labute approximate surface area is 90.1 Å². The molecule has 6 heteroatoms. The Hall–Kier alpha value is -2.24. The molecule has 1 aromatic carbocycles. The van der Waals surface area contributed by atoms with Crippen LogP contribution in [0.15, 0.2) is 24.3 Å². The smallest absolute Gasteiger partial charge is 0.358 e. The quantitative estimate of drug-likeness (QED) is 0.832. The summed E-state index contributed by atoms with van der Waals surface area (Å²) < 4.78 is 13.4. The average Bonchev–Trinajstić information content (AvgIpc) is 2.61. The molecule has 1 aromatic heterocycles. The van der Waals surface area contributed by atoms with E-state index >= 15 is 0 Å². The first-order valence-electron chi connectivity index (χ1n) is 4.51. The summed E-state index contributed by atoms with van der Waals surface area (Å²) >= 11 is 0. The van der Waals surface area contributed by atoms with Gasteiger partial charge < -0.3 is 5.11 Å². The first-order valence-corrected chi connectivity index (χ1v) is 4.51. The molecule has 0 unspecified atom stereocenters. The normalized spacial score (nSPS) is 10.4. The van der Waals surface area contributed by atoms with E-state index in [0.717, 1.165) is 4.80 Å². The third kappa shape index (κ3) is 1.65. The van der Waals surface area contributed by atoms with Crippen LogP contribution in [0.4, 0.5) is 4.39 Å². The summed E-state index contributed by atoms with van der Waals surface area (Å²) in [5.74, 6) is -1.69. The van der Waals surface area contributed by atoms with Gasteiger partial charge in [-0.25, -0.2) is 9.18 Å². The van der Waals surface area contributed by atoms with Crippen molar-refractivity contribution in [2.75, 3.05) is 0 Å². The van der Waals surface area contributed by atoms with Crippen molar-refractivity contribution < 1.29 is 14.3 Å². The number of hydrogen-bond donors (Lipinski definition) is 1. The highest BCUT2D eigenvalue weighted by molar-refractivity contribution is 5.86. The Morgan fingerprint density at radius 3 is 2.62 bits per heavy atom. The molecule has 1 N–H and O–H groups in total. The topological polar surface area (TPSA) is 68.0 Å². The average molecular weight is 221 g/mol. The SMILES string of the molecule is Cc1nn(-c2ccccc2F)nc1C(=O)O. The van der Waals surface area contributed by atoms with Crippen molar-refractivity contribution in [3.05, 3.63) is 41.5 Å². The van der Waals surface area contributed by atoms with E-state index in [1.807, 2.05) is 0 Å². The number of aromatic carboxylic acids is 1. The zero-order chi connectivity index (χ0) is 11.7. The molecule has 0 spiro atoms. The van der Waals surface area contributed by atoms with E-state index in [1.54, 1.807) is 6.07 Å². The third-order valence-electron chi connectivity index (χ3n) is 2.05. The zero-order valence-corrected chi connectivity index (χ0v) is 8.38. The molecule has 0 aliphatic carbocycles. The number of para-hydroxylation sites is 1. The molecule has 0 aliphatic heterocycles. The van der Waals surface area contributed by atoms with Gasteiger partial charge in [0.2, 0.25) is 0 Å². The van der Waals surface area contributed by atoms with Crippen molar-refractivity contribution in [2.45, 2.75) is 6.92 Å². The summed E-state index contributed by atoms with van der Waals surface area (Å²) in [4.78, 5) is 11.7. The lowest BCUT2D eigenvalue weighted by molar-refractivity contribution is 0.0689. The van der Waals surface area contributed by atoms with E-state index in [1.165, 1.54) is 25.1 Å². The lowest BCUT2D eigenvalue weighted by atomic mass is 10.3. The minimum atomic E-state index is -1.18. The molecule has 0 amide bonds. The fraction of sp³-hybridized carbons (Fsp3) is 0.100. The van der Waals surface area contributed by atoms with Gasteiger partial charge in [0.15, 0.2) is 11.5 Å². The molecule has 0 radical (unpaired) electrons. The molecule has 0 bridgehead atoms. The van der Waals surface area contributed by atoms with Gasteiger partial charge in [-0.3, -0.25) is 0 Å². The van der Waals surface area contributed by atoms with Crippen LogP contribution in [-0.2, 0) is 0 Å². The number of benzene rings is 1. The first kappa shape index (κ1) is 10.3. The number of carboxylic acids is 1. The van der Waals surface area contributed by atoms with Gasteiger partial charge in [-0.05, 0) is 19.1 Å². The molecule has 2 rings (SSSR count). The minimum absolute atomic E-state index is 0.123. The lowest BCUT2D eigenvalue weighted by Gasteiger charge is -1.99. The predicted octanol–water partition coefficient (Wildman–Crippen LogP) is 1.41. The van der Waals surface area contributed by atoms with Crippen molar-refractivity contribution in [3.63, 3.8) is 0 Å². The number of halogens is 1. The number of carbonyl (C=O) groups is 1. The predicted molar refractivity (Wildman–Crippen MR) is 53.0 cm³/mol. The fourth-order valence-electron chi connectivity index (χ4n) is 1.30. The second-order valence-electron chi connectivity index (χ2n) is 3.18. The second kappa shape index (κ2) is 3.73. The molecule has 0 aliphatic rings. The summed E-state index contributed by atoms with van der Waals surface area (Å²) in [6.07, 6.45) is 0. The number of carboxylic acid groups (broad SMARTS) is 1. The first-order chi connectivity index (χ1) is 7.59. The Kier molecular flexibility index (Phi) is 2.40. The van der Waals surface area contributed by atoms with Crippen LogP contribution in [0.3, 0.4) is 0 Å². The summed E-state index contributed by atoms with van der Waals surface area (Å²) in [5, 5.41) is 16.3. The Bertz CT molecular complexity index is 551. The molecule has 0 saturated heterocycles. The highest BCUT2D eigenvalue weighted by Crippen LogP contribution is 2.12. The van der Waals surface area contributed by atoms with Gasteiger partial charge in [0.25, 0.3) is 0 Å². The number of aryl methyl sites for hydroxylation is 1. The van der Waals surface area contributed by atoms with Crippen molar-refractivity contribution in [1.82, 2.24) is 15.0 Å². The van der Waals surface area contributed by atoms with Crippen molar-refractivity contribution >= 4 is 5.97 Å². The minimum Gasteiger partial charge on any atom is -0.476 e. The summed E-state index contributed by atoms with van der Waals surface area (Å²) in [7, 11) is 0. The van der Waals surface area contributed by atoms with Gasteiger partial charge in [0.1, 0.15) is 5.69 Å². The van der Waals surface area contributed by atoms with Crippen LogP contribution in [-0.4, -0.2) is 26.1 Å². The van der Waals surface area contributed by atoms with E-state index < -0.39 is 11.8 Å². The van der Waals surface area contributed by atoms with Crippen LogP contribution < -0.4 is 0 Å². The Morgan fingerprint density at radius 2 is 2.06 bits per heavy atom. The summed E-state index contributed by atoms with van der Waals surface area (Å²) in [6.45, 7) is 1.51. The maximum atomic E-state index is 13.4. The molecule has 5 nitrogen and oxygen atoms in total. The largest absolute Gasteiger partial charge is 0.476 e. The monoisotopic (exact) mass is 221 g/mol. The van der Waals surface area contributed by atoms with E-state index in [0.29, 0.717) is 0 Å². The van der Waals surface area contributed by atoms with Gasteiger partial charge in [-0.2, -0.15) is 5.10 Å². The van der Waals surface area contributed by atoms with E-state index in [4.69, 9.17) is 5.11 Å². The van der Waals surface area contributed by atoms with E-state index in [9.17, 15) is 9.18 Å². The molecule has 0 atom stereocenters. The van der Waals surface area contributed by atoms with Crippen molar-refractivity contribution in [3.8, 4) is 5.69 Å². The molecule has 82 valence electrons. The highest BCUT2D eigenvalue weighted by atomic mass is 19.1. The van der Waals surface area contributed by atoms with Crippen LogP contribution in [0, 0.1) is 12.7 Å². The van der Waals surface area contributed by atoms with E-state index in [-0.39, 0.29) is 17.1 Å². The highest BCUT2D eigenvalue weighted by Gasteiger charge is 2.16.